The maximum atomic E-state index is 11.3. The number of hydrogen-bond acceptors (Lipinski definition) is 5. The van der Waals surface area contributed by atoms with Gasteiger partial charge in [-0.05, 0) is 0 Å². The molecule has 2 aliphatic heterocycles. The van der Waals surface area contributed by atoms with Crippen molar-refractivity contribution in [2.45, 2.75) is 0 Å². The van der Waals surface area contributed by atoms with Gasteiger partial charge in [0.15, 0.2) is 0 Å². The van der Waals surface area contributed by atoms with Crippen molar-refractivity contribution in [1.29, 1.82) is 0 Å². The smallest absolute Gasteiger partial charge is 0.437 e. The summed E-state index contributed by atoms with van der Waals surface area (Å²) < 4.78 is 0. The lowest BCUT2D eigenvalue weighted by Gasteiger charge is -2.42. The van der Waals surface area contributed by atoms with Gasteiger partial charge in [0.25, 0.3) is 0 Å². The Hall–Kier alpha value is -0.110. The molecule has 2 aliphatic rings. The predicted octanol–water partition coefficient (Wildman–Crippen LogP) is 0.894. The first kappa shape index (κ1) is 12.3. The van der Waals surface area contributed by atoms with Crippen LogP contribution in [0.3, 0.4) is 0 Å². The van der Waals surface area contributed by atoms with E-state index in [0.29, 0.717) is 0 Å². The molecule has 0 aromatic heterocycles. The van der Waals surface area contributed by atoms with E-state index in [0.717, 1.165) is 49.2 Å². The second-order valence-electron chi connectivity index (χ2n) is 3.70. The van der Waals surface area contributed by atoms with Crippen LogP contribution in [0.4, 0.5) is 4.79 Å². The van der Waals surface area contributed by atoms with Gasteiger partial charge in [-0.2, -0.15) is 38.7 Å². The molecular formula is C9H17N3O2S2. The Morgan fingerprint density at radius 3 is 1.62 bits per heavy atom. The largest absolute Gasteiger partial charge is 0.463 e. The summed E-state index contributed by atoms with van der Waals surface area (Å²) in [6.45, 7) is 3.34. The van der Waals surface area contributed by atoms with Gasteiger partial charge in [0.2, 0.25) is 0 Å². The number of nitrogens with zero attached hydrogens (tertiary/aromatic N) is 3. The topological polar surface area (TPSA) is 47.0 Å². The molecule has 0 aliphatic carbocycles. The molecule has 0 spiro atoms. The van der Waals surface area contributed by atoms with E-state index >= 15 is 0 Å². The number of hydrogen-bond donors (Lipinski definition) is 1. The summed E-state index contributed by atoms with van der Waals surface area (Å²) in [7, 11) is 0. The molecule has 16 heavy (non-hydrogen) atoms. The van der Waals surface area contributed by atoms with E-state index in [9.17, 15) is 9.90 Å². The molecule has 2 rings (SSSR count). The highest BCUT2D eigenvalue weighted by Gasteiger charge is 2.29. The summed E-state index contributed by atoms with van der Waals surface area (Å²) in [5.74, 6) is 4.08. The highest BCUT2D eigenvalue weighted by molar-refractivity contribution is 7.99. The molecule has 5 nitrogen and oxygen atoms in total. The van der Waals surface area contributed by atoms with Crippen molar-refractivity contribution in [3.05, 3.63) is 0 Å². The molecule has 1 N–H and O–H groups in total. The molecule has 2 fully saturated rings. The van der Waals surface area contributed by atoms with Crippen LogP contribution < -0.4 is 0 Å². The van der Waals surface area contributed by atoms with Crippen molar-refractivity contribution in [3.8, 4) is 0 Å². The third-order valence-corrected chi connectivity index (χ3v) is 4.57. The molecule has 0 aromatic carbocycles. The van der Waals surface area contributed by atoms with Crippen LogP contribution in [0, 0.1) is 0 Å². The second-order valence-corrected chi connectivity index (χ2v) is 6.15. The fourth-order valence-electron chi connectivity index (χ4n) is 1.91. The third-order valence-electron chi connectivity index (χ3n) is 2.68. The normalized spacial score (nSPS) is 24.2. The van der Waals surface area contributed by atoms with E-state index in [1.807, 2.05) is 33.5 Å². The average molecular weight is 263 g/mol. The Balaban J connectivity index is 1.99. The maximum Gasteiger partial charge on any atom is 0.437 e. The first-order valence-corrected chi connectivity index (χ1v) is 7.78. The van der Waals surface area contributed by atoms with Gasteiger partial charge in [-0.25, -0.2) is 4.79 Å². The van der Waals surface area contributed by atoms with E-state index in [-0.39, 0.29) is 0 Å². The third kappa shape index (κ3) is 2.97. The molecule has 2 heterocycles. The summed E-state index contributed by atoms with van der Waals surface area (Å²) in [5.41, 5.74) is 0. The van der Waals surface area contributed by atoms with E-state index in [1.165, 1.54) is 5.12 Å². The summed E-state index contributed by atoms with van der Waals surface area (Å²) in [5, 5.41) is 14.7. The van der Waals surface area contributed by atoms with Crippen molar-refractivity contribution in [2.24, 2.45) is 0 Å². The van der Waals surface area contributed by atoms with Gasteiger partial charge in [0.1, 0.15) is 0 Å². The second kappa shape index (κ2) is 6.00. The minimum atomic E-state index is -0.848. The Kier molecular flexibility index (Phi) is 4.63. The first-order chi connectivity index (χ1) is 7.79. The number of carbonyl (C=O) groups is 1. The molecule has 0 atom stereocenters. The Morgan fingerprint density at radius 2 is 1.31 bits per heavy atom. The van der Waals surface area contributed by atoms with Gasteiger partial charge in [0.05, 0.1) is 0 Å². The molecule has 92 valence electrons. The fraction of sp³-hybridized carbons (Fsp3) is 0.889. The van der Waals surface area contributed by atoms with E-state index < -0.39 is 6.09 Å². The van der Waals surface area contributed by atoms with Crippen molar-refractivity contribution in [2.75, 3.05) is 49.2 Å². The van der Waals surface area contributed by atoms with Crippen molar-refractivity contribution in [3.63, 3.8) is 0 Å². The molecule has 1 amide bonds. The fourth-order valence-corrected chi connectivity index (χ4v) is 3.67. The first-order valence-electron chi connectivity index (χ1n) is 5.47. The van der Waals surface area contributed by atoms with E-state index in [2.05, 4.69) is 0 Å². The standard InChI is InChI=1S/C9H17N3O2S2/c13-9(14)12(10-1-5-15-6-2-10)11-3-7-16-8-4-11/h1-8H2,(H,13,14). The highest BCUT2D eigenvalue weighted by atomic mass is 32.2. The molecule has 2 saturated heterocycles. The van der Waals surface area contributed by atoms with Gasteiger partial charge in [-0.3, -0.25) is 0 Å². The summed E-state index contributed by atoms with van der Waals surface area (Å²) in [6.07, 6.45) is -0.848. The van der Waals surface area contributed by atoms with Crippen molar-refractivity contribution >= 4 is 29.6 Å². The molecule has 0 bridgehead atoms. The average Bonchev–Trinajstić information content (AvgIpc) is 2.31. The molecular weight excluding hydrogens is 246 g/mol. The maximum absolute atomic E-state index is 11.3. The Labute approximate surface area is 104 Å². The molecule has 0 saturated carbocycles. The zero-order chi connectivity index (χ0) is 11.4. The van der Waals surface area contributed by atoms with Crippen LogP contribution in [0.1, 0.15) is 0 Å². The Morgan fingerprint density at radius 1 is 0.938 bits per heavy atom. The summed E-state index contributed by atoms with van der Waals surface area (Å²) >= 11 is 3.78. The monoisotopic (exact) mass is 263 g/mol. The Bertz CT molecular complexity index is 225. The number of rotatable bonds is 2. The molecule has 0 radical (unpaired) electrons. The molecule has 0 unspecified atom stereocenters. The zero-order valence-corrected chi connectivity index (χ0v) is 10.8. The van der Waals surface area contributed by atoms with Crippen LogP contribution in [-0.2, 0) is 0 Å². The minimum Gasteiger partial charge on any atom is -0.463 e. The van der Waals surface area contributed by atoms with Crippen LogP contribution in [0.2, 0.25) is 0 Å². The lowest BCUT2D eigenvalue weighted by molar-refractivity contribution is -0.147. The van der Waals surface area contributed by atoms with Crippen molar-refractivity contribution in [1.82, 2.24) is 15.1 Å². The van der Waals surface area contributed by atoms with E-state index in [4.69, 9.17) is 0 Å². The highest BCUT2D eigenvalue weighted by Crippen LogP contribution is 2.17. The van der Waals surface area contributed by atoms with Crippen LogP contribution in [0.5, 0.6) is 0 Å². The quantitative estimate of drug-likeness (QED) is 0.798. The van der Waals surface area contributed by atoms with Gasteiger partial charge in [0, 0.05) is 49.2 Å². The van der Waals surface area contributed by atoms with Gasteiger partial charge in [-0.15, -0.1) is 0 Å². The number of amides is 1. The number of hydrazine groups is 2. The summed E-state index contributed by atoms with van der Waals surface area (Å²) in [4.78, 5) is 11.3. The van der Waals surface area contributed by atoms with Gasteiger partial charge >= 0.3 is 6.09 Å². The van der Waals surface area contributed by atoms with Crippen LogP contribution in [0.25, 0.3) is 0 Å². The minimum absolute atomic E-state index is 0.834. The van der Waals surface area contributed by atoms with Gasteiger partial charge in [-0.1, -0.05) is 0 Å². The lowest BCUT2D eigenvalue weighted by Crippen LogP contribution is -2.59. The van der Waals surface area contributed by atoms with Crippen LogP contribution in [-0.4, -0.2) is 75.5 Å². The molecule has 7 heteroatoms. The van der Waals surface area contributed by atoms with Gasteiger partial charge < -0.3 is 5.11 Å². The van der Waals surface area contributed by atoms with E-state index in [1.54, 1.807) is 0 Å². The van der Waals surface area contributed by atoms with Crippen LogP contribution >= 0.6 is 23.5 Å². The van der Waals surface area contributed by atoms with Crippen molar-refractivity contribution < 1.29 is 9.90 Å². The van der Waals surface area contributed by atoms with Crippen LogP contribution in [0.15, 0.2) is 0 Å². The predicted molar refractivity (Wildman–Crippen MR) is 67.7 cm³/mol. The number of thioether (sulfide) groups is 2. The SMILES string of the molecule is O=C(O)N(N1CCSCC1)N1CCSCC1. The number of carboxylic acid groups (broad SMARTS) is 1. The zero-order valence-electron chi connectivity index (χ0n) is 9.17. The summed E-state index contributed by atoms with van der Waals surface area (Å²) in [6, 6.07) is 0. The molecule has 0 aromatic rings. The lowest BCUT2D eigenvalue weighted by atomic mass is 10.5.